The van der Waals surface area contributed by atoms with E-state index in [1.807, 2.05) is 0 Å². The smallest absolute Gasteiger partial charge is 0.345 e. The lowest BCUT2D eigenvalue weighted by Crippen LogP contribution is -2.05. The number of ether oxygens (including phenoxy) is 1. The van der Waals surface area contributed by atoms with Gasteiger partial charge in [-0.25, -0.2) is 4.79 Å². The highest BCUT2D eigenvalue weighted by Gasteiger charge is 2.23. The van der Waals surface area contributed by atoms with Crippen LogP contribution in [0.3, 0.4) is 0 Å². The Morgan fingerprint density at radius 2 is 2.06 bits per heavy atom. The number of aromatic hydroxyl groups is 1. The Labute approximate surface area is 96.6 Å². The Morgan fingerprint density at radius 1 is 1.41 bits per heavy atom. The lowest BCUT2D eigenvalue weighted by Gasteiger charge is -2.00. The zero-order valence-corrected chi connectivity index (χ0v) is 9.01. The SMILES string of the molecule is COC(=O)c1c(N)noc1-c1ccc(O)cc1. The minimum absolute atomic E-state index is 0.0278. The summed E-state index contributed by atoms with van der Waals surface area (Å²) in [6.45, 7) is 0. The first-order chi connectivity index (χ1) is 8.13. The minimum Gasteiger partial charge on any atom is -0.508 e. The molecule has 17 heavy (non-hydrogen) atoms. The summed E-state index contributed by atoms with van der Waals surface area (Å²) in [5.74, 6) is -0.318. The highest BCUT2D eigenvalue weighted by Crippen LogP contribution is 2.29. The fraction of sp³-hybridized carbons (Fsp3) is 0.0909. The summed E-state index contributed by atoms with van der Waals surface area (Å²) in [5.41, 5.74) is 6.19. The van der Waals surface area contributed by atoms with Crippen molar-refractivity contribution in [1.82, 2.24) is 5.16 Å². The Morgan fingerprint density at radius 3 is 2.65 bits per heavy atom. The molecule has 0 spiro atoms. The number of rotatable bonds is 2. The number of hydrogen-bond acceptors (Lipinski definition) is 6. The summed E-state index contributed by atoms with van der Waals surface area (Å²) in [5, 5.41) is 12.7. The molecule has 0 fully saturated rings. The van der Waals surface area contributed by atoms with E-state index in [0.29, 0.717) is 5.56 Å². The predicted molar refractivity (Wildman–Crippen MR) is 59.4 cm³/mol. The van der Waals surface area contributed by atoms with Crippen LogP contribution in [0.5, 0.6) is 5.75 Å². The van der Waals surface area contributed by atoms with Crippen LogP contribution in [0.2, 0.25) is 0 Å². The van der Waals surface area contributed by atoms with Crippen LogP contribution in [-0.2, 0) is 4.74 Å². The molecule has 88 valence electrons. The van der Waals surface area contributed by atoms with E-state index in [-0.39, 0.29) is 22.9 Å². The van der Waals surface area contributed by atoms with Crippen LogP contribution in [0.4, 0.5) is 5.82 Å². The topological polar surface area (TPSA) is 98.6 Å². The second kappa shape index (κ2) is 4.17. The number of nitrogen functional groups attached to an aromatic ring is 1. The molecule has 6 heteroatoms. The van der Waals surface area contributed by atoms with Crippen molar-refractivity contribution in [3.8, 4) is 17.1 Å². The van der Waals surface area contributed by atoms with Gasteiger partial charge in [-0.2, -0.15) is 0 Å². The molecule has 0 aliphatic rings. The van der Waals surface area contributed by atoms with Crippen molar-refractivity contribution in [3.05, 3.63) is 29.8 Å². The quantitative estimate of drug-likeness (QED) is 0.762. The van der Waals surface area contributed by atoms with Crippen LogP contribution in [-0.4, -0.2) is 23.3 Å². The maximum atomic E-state index is 11.5. The van der Waals surface area contributed by atoms with Crippen molar-refractivity contribution in [2.24, 2.45) is 0 Å². The van der Waals surface area contributed by atoms with Crippen LogP contribution in [0.15, 0.2) is 28.8 Å². The lowest BCUT2D eigenvalue weighted by molar-refractivity contribution is 0.0602. The van der Waals surface area contributed by atoms with Gasteiger partial charge < -0.3 is 20.1 Å². The molecule has 0 saturated heterocycles. The summed E-state index contributed by atoms with van der Waals surface area (Å²) >= 11 is 0. The average molecular weight is 234 g/mol. The molecule has 3 N–H and O–H groups in total. The minimum atomic E-state index is -0.619. The highest BCUT2D eigenvalue weighted by atomic mass is 16.5. The van der Waals surface area contributed by atoms with Crippen molar-refractivity contribution >= 4 is 11.8 Å². The normalized spacial score (nSPS) is 10.2. The molecule has 0 atom stereocenters. The second-order valence-corrected chi connectivity index (χ2v) is 3.31. The maximum Gasteiger partial charge on any atom is 0.345 e. The summed E-state index contributed by atoms with van der Waals surface area (Å²) in [7, 11) is 1.25. The zero-order valence-electron chi connectivity index (χ0n) is 9.01. The van der Waals surface area contributed by atoms with Gasteiger partial charge in [-0.3, -0.25) is 0 Å². The molecule has 0 bridgehead atoms. The number of hydrogen-bond donors (Lipinski definition) is 2. The van der Waals surface area contributed by atoms with Gasteiger partial charge in [0.25, 0.3) is 0 Å². The van der Waals surface area contributed by atoms with E-state index in [2.05, 4.69) is 9.89 Å². The molecular weight excluding hydrogens is 224 g/mol. The van der Waals surface area contributed by atoms with Gasteiger partial charge in [-0.05, 0) is 24.3 Å². The molecule has 0 radical (unpaired) electrons. The standard InChI is InChI=1S/C11H10N2O4/c1-16-11(15)8-9(17-13-10(8)12)6-2-4-7(14)5-3-6/h2-5,14H,1H3,(H2,12,13). The van der Waals surface area contributed by atoms with Crippen molar-refractivity contribution < 1.29 is 19.2 Å². The molecule has 0 aliphatic carbocycles. The maximum absolute atomic E-state index is 11.5. The number of aromatic nitrogens is 1. The van der Waals surface area contributed by atoms with Gasteiger partial charge in [0, 0.05) is 5.56 Å². The van der Waals surface area contributed by atoms with Gasteiger partial charge in [0.1, 0.15) is 5.75 Å². The van der Waals surface area contributed by atoms with Gasteiger partial charge in [0.15, 0.2) is 17.1 Å². The van der Waals surface area contributed by atoms with E-state index in [1.165, 1.54) is 19.2 Å². The molecular formula is C11H10N2O4. The average Bonchev–Trinajstić information content (AvgIpc) is 2.71. The first-order valence-corrected chi connectivity index (χ1v) is 4.76. The molecule has 0 amide bonds. The van der Waals surface area contributed by atoms with Crippen LogP contribution < -0.4 is 5.73 Å². The van der Waals surface area contributed by atoms with E-state index in [1.54, 1.807) is 12.1 Å². The van der Waals surface area contributed by atoms with Gasteiger partial charge in [0.2, 0.25) is 0 Å². The van der Waals surface area contributed by atoms with Crippen molar-refractivity contribution in [1.29, 1.82) is 0 Å². The number of anilines is 1. The number of esters is 1. The first-order valence-electron chi connectivity index (χ1n) is 4.76. The van der Waals surface area contributed by atoms with Crippen LogP contribution in [0.1, 0.15) is 10.4 Å². The van der Waals surface area contributed by atoms with E-state index >= 15 is 0 Å². The summed E-state index contributed by atoms with van der Waals surface area (Å²) in [6, 6.07) is 6.10. The fourth-order valence-corrected chi connectivity index (χ4v) is 1.41. The van der Waals surface area contributed by atoms with Gasteiger partial charge in [0.05, 0.1) is 7.11 Å². The molecule has 0 saturated carbocycles. The van der Waals surface area contributed by atoms with Crippen molar-refractivity contribution in [3.63, 3.8) is 0 Å². The molecule has 6 nitrogen and oxygen atoms in total. The second-order valence-electron chi connectivity index (χ2n) is 3.31. The van der Waals surface area contributed by atoms with Crippen molar-refractivity contribution in [2.45, 2.75) is 0 Å². The Hall–Kier alpha value is -2.50. The Balaban J connectivity index is 2.52. The number of methoxy groups -OCH3 is 1. The number of nitrogens with zero attached hydrogens (tertiary/aromatic N) is 1. The monoisotopic (exact) mass is 234 g/mol. The number of benzene rings is 1. The largest absolute Gasteiger partial charge is 0.508 e. The van der Waals surface area contributed by atoms with E-state index < -0.39 is 5.97 Å². The lowest BCUT2D eigenvalue weighted by atomic mass is 10.1. The van der Waals surface area contributed by atoms with E-state index in [0.717, 1.165) is 0 Å². The fourth-order valence-electron chi connectivity index (χ4n) is 1.41. The van der Waals surface area contributed by atoms with E-state index in [4.69, 9.17) is 10.3 Å². The van der Waals surface area contributed by atoms with Crippen LogP contribution in [0, 0.1) is 0 Å². The van der Waals surface area contributed by atoms with Gasteiger partial charge in [-0.1, -0.05) is 5.16 Å². The molecule has 0 aliphatic heterocycles. The molecule has 1 aromatic heterocycles. The predicted octanol–water partition coefficient (Wildman–Crippen LogP) is 1.42. The Kier molecular flexibility index (Phi) is 2.70. The molecule has 0 unspecified atom stereocenters. The summed E-state index contributed by atoms with van der Waals surface area (Å²) in [4.78, 5) is 11.5. The zero-order chi connectivity index (χ0) is 12.4. The molecule has 1 aromatic carbocycles. The third kappa shape index (κ3) is 1.92. The first kappa shape index (κ1) is 11.0. The van der Waals surface area contributed by atoms with Gasteiger partial charge in [-0.15, -0.1) is 0 Å². The third-order valence-corrected chi connectivity index (χ3v) is 2.24. The summed E-state index contributed by atoms with van der Waals surface area (Å²) < 4.78 is 9.58. The number of carbonyl (C=O) groups excluding carboxylic acids is 1. The third-order valence-electron chi connectivity index (χ3n) is 2.24. The Bertz CT molecular complexity index is 545. The van der Waals surface area contributed by atoms with Crippen molar-refractivity contribution in [2.75, 3.05) is 12.8 Å². The van der Waals surface area contributed by atoms with Gasteiger partial charge >= 0.3 is 5.97 Å². The number of phenolic OH excluding ortho intramolecular Hbond substituents is 1. The number of nitrogens with two attached hydrogens (primary N) is 1. The molecule has 2 aromatic rings. The van der Waals surface area contributed by atoms with Crippen LogP contribution in [0.25, 0.3) is 11.3 Å². The number of phenols is 1. The highest BCUT2D eigenvalue weighted by molar-refractivity contribution is 6.00. The molecule has 2 rings (SSSR count). The molecule has 1 heterocycles. The number of carbonyl (C=O) groups is 1. The van der Waals surface area contributed by atoms with Crippen LogP contribution >= 0.6 is 0 Å². The summed E-state index contributed by atoms with van der Waals surface area (Å²) in [6.07, 6.45) is 0. The van der Waals surface area contributed by atoms with E-state index in [9.17, 15) is 9.90 Å².